The molecule has 0 aliphatic carbocycles. The molecule has 3 N–H and O–H groups in total. The van der Waals surface area contributed by atoms with Crippen molar-refractivity contribution in [1.82, 2.24) is 0 Å². The monoisotopic (exact) mass is 422 g/mol. The second kappa shape index (κ2) is 9.00. The molecule has 3 rings (SSSR count). The van der Waals surface area contributed by atoms with E-state index in [4.69, 9.17) is 25.8 Å². The highest BCUT2D eigenvalue weighted by Crippen LogP contribution is 2.40. The van der Waals surface area contributed by atoms with Gasteiger partial charge in [-0.15, -0.1) is 0 Å². The molecule has 0 radical (unpaired) electrons. The van der Waals surface area contributed by atoms with Crippen LogP contribution in [0, 0.1) is 0 Å². The SMILES string of the molecule is CCOc1ccc(Cc2cc(C3(OC)O[C@H](C)[C@@H](O)[C@H](O)[C@H]3O)ccc2Cl)cc1. The summed E-state index contributed by atoms with van der Waals surface area (Å²) in [6.45, 7) is 4.15. The van der Waals surface area contributed by atoms with Gasteiger partial charge < -0.3 is 29.5 Å². The number of methoxy groups -OCH3 is 1. The lowest BCUT2D eigenvalue weighted by molar-refractivity contribution is -0.360. The van der Waals surface area contributed by atoms with Crippen LogP contribution in [-0.4, -0.2) is 53.5 Å². The van der Waals surface area contributed by atoms with Gasteiger partial charge in [-0.2, -0.15) is 0 Å². The number of ether oxygens (including phenoxy) is 3. The highest BCUT2D eigenvalue weighted by Gasteiger charge is 2.54. The topological polar surface area (TPSA) is 88.4 Å². The van der Waals surface area contributed by atoms with Crippen molar-refractivity contribution in [1.29, 1.82) is 0 Å². The highest BCUT2D eigenvalue weighted by atomic mass is 35.5. The minimum Gasteiger partial charge on any atom is -0.494 e. The Morgan fingerprint density at radius 1 is 1.07 bits per heavy atom. The van der Waals surface area contributed by atoms with Gasteiger partial charge in [-0.1, -0.05) is 29.8 Å². The molecule has 1 fully saturated rings. The predicted octanol–water partition coefficient (Wildman–Crippen LogP) is 2.63. The third-order valence-corrected chi connectivity index (χ3v) is 5.65. The highest BCUT2D eigenvalue weighted by molar-refractivity contribution is 6.31. The molecule has 0 aromatic heterocycles. The van der Waals surface area contributed by atoms with Gasteiger partial charge in [-0.05, 0) is 55.7 Å². The smallest absolute Gasteiger partial charge is 0.224 e. The van der Waals surface area contributed by atoms with Crippen LogP contribution in [-0.2, 0) is 21.7 Å². The van der Waals surface area contributed by atoms with Crippen LogP contribution in [0.4, 0.5) is 0 Å². The molecule has 158 valence electrons. The molecule has 2 aromatic carbocycles. The summed E-state index contributed by atoms with van der Waals surface area (Å²) in [7, 11) is 1.39. The normalized spacial score (nSPS) is 29.6. The molecule has 29 heavy (non-hydrogen) atoms. The zero-order valence-electron chi connectivity index (χ0n) is 16.7. The molecule has 1 aliphatic heterocycles. The number of rotatable bonds is 6. The van der Waals surface area contributed by atoms with Crippen LogP contribution in [0.25, 0.3) is 0 Å². The van der Waals surface area contributed by atoms with Crippen LogP contribution in [0.5, 0.6) is 5.75 Å². The molecule has 1 saturated heterocycles. The Bertz CT molecular complexity index is 827. The lowest BCUT2D eigenvalue weighted by Crippen LogP contribution is -2.62. The largest absolute Gasteiger partial charge is 0.494 e. The van der Waals surface area contributed by atoms with Gasteiger partial charge in [-0.25, -0.2) is 0 Å². The third-order valence-electron chi connectivity index (χ3n) is 5.28. The van der Waals surface area contributed by atoms with Crippen LogP contribution in [0.2, 0.25) is 5.02 Å². The maximum Gasteiger partial charge on any atom is 0.224 e. The Balaban J connectivity index is 1.93. The fraction of sp³-hybridized carbons (Fsp3) is 0.455. The summed E-state index contributed by atoms with van der Waals surface area (Å²) in [6, 6.07) is 12.9. The molecular formula is C22H27ClO6. The van der Waals surface area contributed by atoms with Crippen LogP contribution < -0.4 is 4.74 Å². The quantitative estimate of drug-likeness (QED) is 0.663. The van der Waals surface area contributed by atoms with Crippen molar-refractivity contribution in [2.75, 3.05) is 13.7 Å². The fourth-order valence-electron chi connectivity index (χ4n) is 3.65. The van der Waals surface area contributed by atoms with Gasteiger partial charge in [-0.3, -0.25) is 0 Å². The van der Waals surface area contributed by atoms with E-state index in [0.29, 0.717) is 23.6 Å². The average molecular weight is 423 g/mol. The van der Waals surface area contributed by atoms with Crippen LogP contribution in [0.15, 0.2) is 42.5 Å². The molecule has 1 unspecified atom stereocenters. The minimum absolute atomic E-state index is 0.510. The molecular weight excluding hydrogens is 396 g/mol. The van der Waals surface area contributed by atoms with Gasteiger partial charge >= 0.3 is 0 Å². The molecule has 2 aromatic rings. The van der Waals surface area contributed by atoms with E-state index >= 15 is 0 Å². The number of halogens is 1. The van der Waals surface area contributed by atoms with Gasteiger partial charge in [0.15, 0.2) is 0 Å². The summed E-state index contributed by atoms with van der Waals surface area (Å²) in [6.07, 6.45) is -4.29. The number of hydrogen-bond acceptors (Lipinski definition) is 6. The first-order chi connectivity index (χ1) is 13.8. The summed E-state index contributed by atoms with van der Waals surface area (Å²) >= 11 is 6.41. The van der Waals surface area contributed by atoms with E-state index in [-0.39, 0.29) is 0 Å². The lowest BCUT2D eigenvalue weighted by Gasteiger charge is -2.47. The fourth-order valence-corrected chi connectivity index (χ4v) is 3.83. The number of aliphatic hydroxyl groups is 3. The van der Waals surface area contributed by atoms with Crippen molar-refractivity contribution in [3.05, 3.63) is 64.2 Å². The van der Waals surface area contributed by atoms with E-state index in [1.807, 2.05) is 31.2 Å². The first kappa shape index (κ1) is 22.0. The maximum atomic E-state index is 10.7. The summed E-state index contributed by atoms with van der Waals surface area (Å²) in [4.78, 5) is 0. The van der Waals surface area contributed by atoms with Crippen LogP contribution in [0.1, 0.15) is 30.5 Å². The van der Waals surface area contributed by atoms with Gasteiger partial charge in [0.1, 0.15) is 24.1 Å². The van der Waals surface area contributed by atoms with Crippen molar-refractivity contribution in [2.24, 2.45) is 0 Å². The Morgan fingerprint density at radius 2 is 1.76 bits per heavy atom. The van der Waals surface area contributed by atoms with E-state index in [1.165, 1.54) is 7.11 Å². The van der Waals surface area contributed by atoms with Gasteiger partial charge in [0.2, 0.25) is 5.79 Å². The number of benzene rings is 2. The van der Waals surface area contributed by atoms with Crippen molar-refractivity contribution in [3.8, 4) is 5.75 Å². The minimum atomic E-state index is -1.61. The Morgan fingerprint density at radius 3 is 2.38 bits per heavy atom. The first-order valence-electron chi connectivity index (χ1n) is 9.60. The standard InChI is InChI=1S/C22H27ClO6/c1-4-28-17-8-5-14(6-9-17)11-15-12-16(7-10-18(15)23)22(27-3)21(26)20(25)19(24)13(2)29-22/h5-10,12-13,19-21,24-26H,4,11H2,1-3H3/t13-,19-,20+,21-,22?/m1/s1. The average Bonchev–Trinajstić information content (AvgIpc) is 2.72. The van der Waals surface area contributed by atoms with Crippen LogP contribution >= 0.6 is 11.6 Å². The zero-order chi connectivity index (χ0) is 21.2. The molecule has 1 heterocycles. The van der Waals surface area contributed by atoms with Gasteiger partial charge in [0.25, 0.3) is 0 Å². The Kier molecular flexibility index (Phi) is 6.83. The molecule has 0 spiro atoms. The number of aliphatic hydroxyl groups excluding tert-OH is 3. The summed E-state index contributed by atoms with van der Waals surface area (Å²) < 4.78 is 16.9. The molecule has 6 nitrogen and oxygen atoms in total. The van der Waals surface area contributed by atoms with Gasteiger partial charge in [0, 0.05) is 17.7 Å². The molecule has 0 bridgehead atoms. The van der Waals surface area contributed by atoms with Crippen molar-refractivity contribution < 1.29 is 29.5 Å². The summed E-state index contributed by atoms with van der Waals surface area (Å²) in [5, 5.41) is 31.5. The van der Waals surface area contributed by atoms with Gasteiger partial charge in [0.05, 0.1) is 12.7 Å². The molecule has 0 amide bonds. The second-order valence-corrected chi connectivity index (χ2v) is 7.59. The van der Waals surface area contributed by atoms with E-state index < -0.39 is 30.2 Å². The molecule has 5 atom stereocenters. The van der Waals surface area contributed by atoms with Crippen molar-refractivity contribution in [2.45, 2.75) is 50.5 Å². The Hall–Kier alpha value is -1.67. The lowest BCUT2D eigenvalue weighted by atomic mass is 9.87. The van der Waals surface area contributed by atoms with E-state index in [9.17, 15) is 15.3 Å². The predicted molar refractivity (Wildman–Crippen MR) is 109 cm³/mol. The molecule has 0 saturated carbocycles. The Labute approximate surface area is 175 Å². The van der Waals surface area contributed by atoms with Crippen molar-refractivity contribution in [3.63, 3.8) is 0 Å². The first-order valence-corrected chi connectivity index (χ1v) is 9.98. The van der Waals surface area contributed by atoms with Crippen LogP contribution in [0.3, 0.4) is 0 Å². The zero-order valence-corrected chi connectivity index (χ0v) is 17.5. The van der Waals surface area contributed by atoms with E-state index in [2.05, 4.69) is 0 Å². The maximum absolute atomic E-state index is 10.7. The summed E-state index contributed by atoms with van der Waals surface area (Å²) in [5.41, 5.74) is 2.36. The molecule has 7 heteroatoms. The van der Waals surface area contributed by atoms with E-state index in [1.54, 1.807) is 25.1 Å². The number of hydrogen-bond donors (Lipinski definition) is 3. The molecule has 1 aliphatic rings. The van der Waals surface area contributed by atoms with Crippen molar-refractivity contribution >= 4 is 11.6 Å². The second-order valence-electron chi connectivity index (χ2n) is 7.18. The van der Waals surface area contributed by atoms with E-state index in [0.717, 1.165) is 16.9 Å². The summed E-state index contributed by atoms with van der Waals surface area (Å²) in [5.74, 6) is -0.814. The third kappa shape index (κ3) is 4.28.